The smallest absolute Gasteiger partial charge is 0.139 e. The largest absolute Gasteiger partial charge is 0.490 e. The number of anilines is 1. The summed E-state index contributed by atoms with van der Waals surface area (Å²) in [4.78, 5) is 0. The predicted molar refractivity (Wildman–Crippen MR) is 81.0 cm³/mol. The van der Waals surface area contributed by atoms with E-state index < -0.39 is 0 Å². The Morgan fingerprint density at radius 1 is 1.05 bits per heavy atom. The van der Waals surface area contributed by atoms with Crippen LogP contribution in [0.5, 0.6) is 11.5 Å². The summed E-state index contributed by atoms with van der Waals surface area (Å²) in [6.45, 7) is 0.831. The van der Waals surface area contributed by atoms with Gasteiger partial charge in [-0.25, -0.2) is 0 Å². The zero-order chi connectivity index (χ0) is 13.7. The molecule has 2 rings (SSSR count). The van der Waals surface area contributed by atoms with Crippen molar-refractivity contribution in [2.75, 3.05) is 18.9 Å². The van der Waals surface area contributed by atoms with Gasteiger partial charge in [0.05, 0.1) is 5.02 Å². The molecule has 0 aliphatic carbocycles. The number of hydrogen-bond donors (Lipinski definition) is 1. The van der Waals surface area contributed by atoms with Gasteiger partial charge in [0, 0.05) is 16.2 Å². The zero-order valence-corrected chi connectivity index (χ0v) is 12.4. The fourth-order valence-corrected chi connectivity index (χ4v) is 2.02. The molecule has 0 amide bonds. The van der Waals surface area contributed by atoms with Crippen molar-refractivity contribution < 1.29 is 9.47 Å². The van der Waals surface area contributed by atoms with Gasteiger partial charge in [0.1, 0.15) is 24.7 Å². The minimum atomic E-state index is 0.408. The lowest BCUT2D eigenvalue weighted by Crippen LogP contribution is -2.09. The van der Waals surface area contributed by atoms with Crippen LogP contribution in [0.1, 0.15) is 0 Å². The third-order valence-corrected chi connectivity index (χ3v) is 3.17. The van der Waals surface area contributed by atoms with E-state index in [-0.39, 0.29) is 0 Å². The van der Waals surface area contributed by atoms with Gasteiger partial charge in [-0.3, -0.25) is 0 Å². The Balaban J connectivity index is 1.82. The SMILES string of the molecule is Nc1cccc(OCCOc2cc(Br)ccc2Cl)c1. The van der Waals surface area contributed by atoms with Crippen molar-refractivity contribution in [3.63, 3.8) is 0 Å². The third kappa shape index (κ3) is 4.33. The van der Waals surface area contributed by atoms with Crippen molar-refractivity contribution in [1.82, 2.24) is 0 Å². The topological polar surface area (TPSA) is 44.5 Å². The Labute approximate surface area is 125 Å². The molecular weight excluding hydrogens is 330 g/mol. The molecule has 0 saturated heterocycles. The van der Waals surface area contributed by atoms with Gasteiger partial charge in [0.25, 0.3) is 0 Å². The molecule has 0 heterocycles. The lowest BCUT2D eigenvalue weighted by Gasteiger charge is -2.10. The summed E-state index contributed by atoms with van der Waals surface area (Å²) in [7, 11) is 0. The van der Waals surface area contributed by atoms with E-state index in [2.05, 4.69) is 15.9 Å². The first-order chi connectivity index (χ1) is 9.15. The molecule has 0 aliphatic heterocycles. The van der Waals surface area contributed by atoms with E-state index >= 15 is 0 Å². The number of rotatable bonds is 5. The maximum absolute atomic E-state index is 6.01. The number of ether oxygens (including phenoxy) is 2. The third-order valence-electron chi connectivity index (χ3n) is 2.36. The maximum atomic E-state index is 6.01. The predicted octanol–water partition coefficient (Wildman–Crippen LogP) is 4.14. The van der Waals surface area contributed by atoms with Crippen LogP contribution in [0.4, 0.5) is 5.69 Å². The Morgan fingerprint density at radius 2 is 1.84 bits per heavy atom. The van der Waals surface area contributed by atoms with Crippen LogP contribution in [0.25, 0.3) is 0 Å². The van der Waals surface area contributed by atoms with Crippen molar-refractivity contribution in [3.8, 4) is 11.5 Å². The first-order valence-corrected chi connectivity index (χ1v) is 6.88. The van der Waals surface area contributed by atoms with Crippen molar-refractivity contribution >= 4 is 33.2 Å². The molecule has 0 spiro atoms. The summed E-state index contributed by atoms with van der Waals surface area (Å²) in [6.07, 6.45) is 0. The quantitative estimate of drug-likeness (QED) is 0.656. The monoisotopic (exact) mass is 341 g/mol. The molecule has 0 atom stereocenters. The van der Waals surface area contributed by atoms with E-state index in [1.807, 2.05) is 30.3 Å². The first-order valence-electron chi connectivity index (χ1n) is 5.71. The minimum Gasteiger partial charge on any atom is -0.490 e. The molecule has 19 heavy (non-hydrogen) atoms. The molecule has 5 heteroatoms. The molecule has 2 aromatic carbocycles. The fraction of sp³-hybridized carbons (Fsp3) is 0.143. The minimum absolute atomic E-state index is 0.408. The van der Waals surface area contributed by atoms with Gasteiger partial charge in [-0.15, -0.1) is 0 Å². The van der Waals surface area contributed by atoms with E-state index in [1.54, 1.807) is 12.1 Å². The van der Waals surface area contributed by atoms with Gasteiger partial charge < -0.3 is 15.2 Å². The summed E-state index contributed by atoms with van der Waals surface area (Å²) < 4.78 is 12.0. The molecular formula is C14H13BrClNO2. The summed E-state index contributed by atoms with van der Waals surface area (Å²) in [6, 6.07) is 12.7. The number of nitrogen functional groups attached to an aromatic ring is 1. The lowest BCUT2D eigenvalue weighted by molar-refractivity contribution is 0.217. The molecule has 0 bridgehead atoms. The summed E-state index contributed by atoms with van der Waals surface area (Å²) in [5.41, 5.74) is 6.33. The zero-order valence-electron chi connectivity index (χ0n) is 10.1. The highest BCUT2D eigenvalue weighted by atomic mass is 79.9. The first kappa shape index (κ1) is 14.0. The van der Waals surface area contributed by atoms with E-state index in [0.717, 1.165) is 10.2 Å². The molecule has 100 valence electrons. The van der Waals surface area contributed by atoms with E-state index in [4.69, 9.17) is 26.8 Å². The second-order valence-corrected chi connectivity index (χ2v) is 5.17. The Morgan fingerprint density at radius 3 is 2.63 bits per heavy atom. The summed E-state index contributed by atoms with van der Waals surface area (Å²) in [5, 5.41) is 0.576. The molecule has 0 unspecified atom stereocenters. The Bertz CT molecular complexity index is 563. The second kappa shape index (κ2) is 6.68. The highest BCUT2D eigenvalue weighted by Crippen LogP contribution is 2.27. The van der Waals surface area contributed by atoms with Crippen LogP contribution >= 0.6 is 27.5 Å². The molecule has 2 aromatic rings. The molecule has 2 N–H and O–H groups in total. The lowest BCUT2D eigenvalue weighted by atomic mass is 10.3. The van der Waals surface area contributed by atoms with Crippen LogP contribution in [-0.2, 0) is 0 Å². The van der Waals surface area contributed by atoms with E-state index in [1.165, 1.54) is 0 Å². The van der Waals surface area contributed by atoms with Crippen LogP contribution in [0.3, 0.4) is 0 Å². The van der Waals surface area contributed by atoms with Crippen LogP contribution in [0, 0.1) is 0 Å². The molecule has 0 saturated carbocycles. The van der Waals surface area contributed by atoms with Gasteiger partial charge >= 0.3 is 0 Å². The number of nitrogens with two attached hydrogens (primary N) is 1. The summed E-state index contributed by atoms with van der Waals surface area (Å²) in [5.74, 6) is 1.36. The fourth-order valence-electron chi connectivity index (χ4n) is 1.50. The molecule has 0 radical (unpaired) electrons. The maximum Gasteiger partial charge on any atom is 0.139 e. The standard InChI is InChI=1S/C14H13BrClNO2/c15-10-4-5-13(16)14(8-10)19-7-6-18-12-3-1-2-11(17)9-12/h1-5,8-9H,6-7,17H2. The second-order valence-electron chi connectivity index (χ2n) is 3.84. The van der Waals surface area contributed by atoms with Crippen molar-refractivity contribution in [3.05, 3.63) is 52.0 Å². The van der Waals surface area contributed by atoms with Crippen molar-refractivity contribution in [2.45, 2.75) is 0 Å². The van der Waals surface area contributed by atoms with Crippen LogP contribution in [0.2, 0.25) is 5.02 Å². The highest BCUT2D eigenvalue weighted by molar-refractivity contribution is 9.10. The van der Waals surface area contributed by atoms with Crippen molar-refractivity contribution in [2.24, 2.45) is 0 Å². The average molecular weight is 343 g/mol. The Hall–Kier alpha value is -1.39. The van der Waals surface area contributed by atoms with Gasteiger partial charge in [-0.05, 0) is 30.3 Å². The molecule has 3 nitrogen and oxygen atoms in total. The molecule has 0 aliphatic rings. The number of halogens is 2. The van der Waals surface area contributed by atoms with Gasteiger partial charge in [-0.2, -0.15) is 0 Å². The average Bonchev–Trinajstić information content (AvgIpc) is 2.39. The summed E-state index contributed by atoms with van der Waals surface area (Å²) >= 11 is 9.38. The molecule has 0 aromatic heterocycles. The highest BCUT2D eigenvalue weighted by Gasteiger charge is 2.02. The van der Waals surface area contributed by atoms with Gasteiger partial charge in [0.2, 0.25) is 0 Å². The van der Waals surface area contributed by atoms with E-state index in [0.29, 0.717) is 29.7 Å². The normalized spacial score (nSPS) is 10.2. The van der Waals surface area contributed by atoms with Gasteiger partial charge in [-0.1, -0.05) is 33.6 Å². The molecule has 0 fully saturated rings. The Kier molecular flexibility index (Phi) is 4.93. The van der Waals surface area contributed by atoms with E-state index in [9.17, 15) is 0 Å². The van der Waals surface area contributed by atoms with Crippen LogP contribution in [0.15, 0.2) is 46.9 Å². The van der Waals surface area contributed by atoms with Crippen molar-refractivity contribution in [1.29, 1.82) is 0 Å². The van der Waals surface area contributed by atoms with Crippen LogP contribution in [-0.4, -0.2) is 13.2 Å². The number of benzene rings is 2. The van der Waals surface area contributed by atoms with Gasteiger partial charge in [0.15, 0.2) is 0 Å². The van der Waals surface area contributed by atoms with Crippen LogP contribution < -0.4 is 15.2 Å². The number of hydrogen-bond acceptors (Lipinski definition) is 3.